The summed E-state index contributed by atoms with van der Waals surface area (Å²) < 4.78 is 4.86. The maximum Gasteiger partial charge on any atom is 0.354 e. The Balaban J connectivity index is 0.000000143. The van der Waals surface area contributed by atoms with Crippen LogP contribution >= 0.6 is 22.7 Å². The Labute approximate surface area is 144 Å². The lowest BCUT2D eigenvalue weighted by molar-refractivity contribution is 0.0520. The Morgan fingerprint density at radius 3 is 2.08 bits per heavy atom. The normalized spacial score (nSPS) is 10.5. The molecule has 0 unspecified atom stereocenters. The van der Waals surface area contributed by atoms with E-state index in [1.165, 1.54) is 11.3 Å². The number of carbonyl (C=O) groups is 2. The highest BCUT2D eigenvalue weighted by Gasteiger charge is 2.10. The van der Waals surface area contributed by atoms with E-state index in [9.17, 15) is 9.59 Å². The maximum absolute atomic E-state index is 11.3. The minimum absolute atomic E-state index is 0.256. The summed E-state index contributed by atoms with van der Waals surface area (Å²) in [4.78, 5) is 29.4. The maximum atomic E-state index is 11.3. The van der Waals surface area contributed by atoms with Gasteiger partial charge in [-0.3, -0.25) is 0 Å². The Morgan fingerprint density at radius 2 is 1.58 bits per heavy atom. The lowest BCUT2D eigenvalue weighted by Gasteiger charge is -1.96. The van der Waals surface area contributed by atoms with Gasteiger partial charge in [-0.2, -0.15) is 0 Å². The van der Waals surface area contributed by atoms with E-state index in [2.05, 4.69) is 9.97 Å². The van der Waals surface area contributed by atoms with Crippen LogP contribution in [0.3, 0.4) is 0 Å². The van der Waals surface area contributed by atoms with Crippen molar-refractivity contribution in [3.8, 4) is 0 Å². The number of aromatic nitrogens is 2. The van der Waals surface area contributed by atoms with Crippen LogP contribution in [-0.2, 0) is 4.74 Å². The van der Waals surface area contributed by atoms with Gasteiger partial charge in [0.2, 0.25) is 0 Å². The van der Waals surface area contributed by atoms with Crippen molar-refractivity contribution in [1.82, 2.24) is 9.97 Å². The number of nitrogens with one attached hydrogen (secondary N) is 2. The van der Waals surface area contributed by atoms with E-state index < -0.39 is 5.97 Å². The lowest BCUT2D eigenvalue weighted by Crippen LogP contribution is -2.04. The zero-order valence-corrected chi connectivity index (χ0v) is 14.3. The number of aromatic carboxylic acids is 1. The van der Waals surface area contributed by atoms with Crippen LogP contribution in [0.2, 0.25) is 0 Å². The fourth-order valence-corrected chi connectivity index (χ4v) is 3.70. The molecule has 0 aromatic carbocycles. The Bertz CT molecular complexity index is 935. The second-order valence-corrected chi connectivity index (χ2v) is 6.63. The molecule has 0 fully saturated rings. The monoisotopic (exact) mass is 362 g/mol. The minimum atomic E-state index is -0.909. The van der Waals surface area contributed by atoms with Crippen LogP contribution in [0.5, 0.6) is 0 Å². The van der Waals surface area contributed by atoms with E-state index in [4.69, 9.17) is 9.84 Å². The number of fused-ring (bicyclic) bond motifs is 2. The highest BCUT2D eigenvalue weighted by molar-refractivity contribution is 7.17. The van der Waals surface area contributed by atoms with Gasteiger partial charge in [0.1, 0.15) is 21.0 Å². The van der Waals surface area contributed by atoms with Crippen LogP contribution in [0.15, 0.2) is 35.0 Å². The summed E-state index contributed by atoms with van der Waals surface area (Å²) >= 11 is 3.09. The van der Waals surface area contributed by atoms with Crippen LogP contribution in [0.1, 0.15) is 27.9 Å². The smallest absolute Gasteiger partial charge is 0.354 e. The number of hydrogen-bond donors (Lipinski definition) is 3. The zero-order chi connectivity index (χ0) is 17.1. The summed E-state index contributed by atoms with van der Waals surface area (Å²) in [6, 6.07) is 7.31. The van der Waals surface area contributed by atoms with Crippen molar-refractivity contribution in [2.45, 2.75) is 6.92 Å². The van der Waals surface area contributed by atoms with E-state index in [1.807, 2.05) is 29.0 Å². The molecule has 4 rings (SSSR count). The first-order valence-electron chi connectivity index (χ1n) is 7.11. The molecule has 8 heteroatoms. The first-order valence-corrected chi connectivity index (χ1v) is 8.87. The van der Waals surface area contributed by atoms with E-state index in [0.29, 0.717) is 12.3 Å². The predicted octanol–water partition coefficient (Wildman–Crippen LogP) is 4.33. The third-order valence-corrected chi connectivity index (χ3v) is 4.90. The third kappa shape index (κ3) is 3.34. The summed E-state index contributed by atoms with van der Waals surface area (Å²) in [6.07, 6.45) is 0. The van der Waals surface area contributed by atoms with Crippen molar-refractivity contribution in [3.05, 3.63) is 46.4 Å². The molecular weight excluding hydrogens is 348 g/mol. The third-order valence-electron chi connectivity index (χ3n) is 3.21. The van der Waals surface area contributed by atoms with Gasteiger partial charge in [0.15, 0.2) is 0 Å². The Hall–Kier alpha value is -2.58. The summed E-state index contributed by atoms with van der Waals surface area (Å²) in [6.45, 7) is 2.20. The Morgan fingerprint density at radius 1 is 1.04 bits per heavy atom. The van der Waals surface area contributed by atoms with Crippen molar-refractivity contribution >= 4 is 55.0 Å². The van der Waals surface area contributed by atoms with E-state index in [1.54, 1.807) is 24.3 Å². The van der Waals surface area contributed by atoms with Crippen molar-refractivity contribution < 1.29 is 19.4 Å². The SMILES string of the molecule is CCOC(=O)c1cc2ccsc2[nH]1.O=C(O)c1cc2ccsc2[nH]1. The summed E-state index contributed by atoms with van der Waals surface area (Å²) in [7, 11) is 0. The number of carboxylic acid groups (broad SMARTS) is 1. The van der Waals surface area contributed by atoms with Crippen LogP contribution in [0.25, 0.3) is 20.4 Å². The molecule has 0 radical (unpaired) electrons. The molecule has 0 aliphatic heterocycles. The fourth-order valence-electron chi connectivity index (χ4n) is 2.13. The molecule has 3 N–H and O–H groups in total. The average Bonchev–Trinajstić information content (AvgIpc) is 3.27. The molecule has 0 spiro atoms. The molecular formula is C16H14N2O4S2. The minimum Gasteiger partial charge on any atom is -0.477 e. The molecule has 0 amide bonds. The molecule has 0 aliphatic rings. The van der Waals surface area contributed by atoms with Crippen molar-refractivity contribution in [2.24, 2.45) is 0 Å². The molecule has 0 saturated carbocycles. The van der Waals surface area contributed by atoms with Crippen LogP contribution in [-0.4, -0.2) is 33.6 Å². The number of ether oxygens (including phenoxy) is 1. The van der Waals surface area contributed by atoms with Gasteiger partial charge >= 0.3 is 11.9 Å². The van der Waals surface area contributed by atoms with E-state index in [0.717, 1.165) is 20.4 Å². The van der Waals surface area contributed by atoms with Crippen LogP contribution < -0.4 is 0 Å². The predicted molar refractivity (Wildman–Crippen MR) is 95.3 cm³/mol. The number of H-pyrrole nitrogens is 2. The fraction of sp³-hybridized carbons (Fsp3) is 0.125. The van der Waals surface area contributed by atoms with Gasteiger partial charge in [0, 0.05) is 10.8 Å². The molecule has 124 valence electrons. The number of hydrogen-bond acceptors (Lipinski definition) is 5. The number of thiophene rings is 2. The number of aromatic amines is 2. The van der Waals surface area contributed by atoms with Gasteiger partial charge in [-0.1, -0.05) is 0 Å². The molecule has 6 nitrogen and oxygen atoms in total. The van der Waals surface area contributed by atoms with Crippen molar-refractivity contribution in [3.63, 3.8) is 0 Å². The molecule has 0 atom stereocenters. The number of carbonyl (C=O) groups excluding carboxylic acids is 1. The molecule has 4 aromatic heterocycles. The highest BCUT2D eigenvalue weighted by Crippen LogP contribution is 2.21. The Kier molecular flexibility index (Phi) is 4.68. The summed E-state index contributed by atoms with van der Waals surface area (Å²) in [5.41, 5.74) is 0.788. The van der Waals surface area contributed by atoms with Gasteiger partial charge in [0.25, 0.3) is 0 Å². The topological polar surface area (TPSA) is 95.2 Å². The van der Waals surface area contributed by atoms with Crippen LogP contribution in [0, 0.1) is 0 Å². The van der Waals surface area contributed by atoms with E-state index >= 15 is 0 Å². The second kappa shape index (κ2) is 6.90. The van der Waals surface area contributed by atoms with Gasteiger partial charge in [-0.15, -0.1) is 22.7 Å². The summed E-state index contributed by atoms with van der Waals surface area (Å²) in [5.74, 6) is -1.20. The van der Waals surface area contributed by atoms with Gasteiger partial charge in [0.05, 0.1) is 6.61 Å². The lowest BCUT2D eigenvalue weighted by atomic mass is 10.4. The first-order chi connectivity index (χ1) is 11.6. The highest BCUT2D eigenvalue weighted by atomic mass is 32.1. The zero-order valence-electron chi connectivity index (χ0n) is 12.7. The molecule has 4 heterocycles. The molecule has 0 aliphatic carbocycles. The van der Waals surface area contributed by atoms with Gasteiger partial charge in [-0.25, -0.2) is 9.59 Å². The number of esters is 1. The van der Waals surface area contributed by atoms with Gasteiger partial charge in [-0.05, 0) is 41.9 Å². The molecule has 24 heavy (non-hydrogen) atoms. The largest absolute Gasteiger partial charge is 0.477 e. The van der Waals surface area contributed by atoms with E-state index in [-0.39, 0.29) is 11.7 Å². The van der Waals surface area contributed by atoms with Crippen molar-refractivity contribution in [1.29, 1.82) is 0 Å². The quantitative estimate of drug-likeness (QED) is 0.473. The number of rotatable bonds is 3. The second-order valence-electron chi connectivity index (χ2n) is 4.80. The van der Waals surface area contributed by atoms with Gasteiger partial charge < -0.3 is 19.8 Å². The molecule has 0 bridgehead atoms. The summed E-state index contributed by atoms with van der Waals surface area (Å²) in [5, 5.41) is 14.5. The standard InChI is InChI=1S/C9H9NO2S.C7H5NO2S/c1-2-12-9(11)7-5-6-3-4-13-8(6)10-7;9-7(10)5-3-4-1-2-11-6(4)8-5/h3-5,10H,2H2,1H3;1-3,8H,(H,9,10). The van der Waals surface area contributed by atoms with Crippen molar-refractivity contribution in [2.75, 3.05) is 6.61 Å². The average molecular weight is 362 g/mol. The molecule has 0 saturated heterocycles. The van der Waals surface area contributed by atoms with Crippen LogP contribution in [0.4, 0.5) is 0 Å². The number of carboxylic acids is 1. The first kappa shape index (κ1) is 16.3. The molecule has 4 aromatic rings.